The van der Waals surface area contributed by atoms with Crippen molar-refractivity contribution in [2.24, 2.45) is 16.8 Å². The summed E-state index contributed by atoms with van der Waals surface area (Å²) in [4.78, 5) is 0. The number of nitrogens with one attached hydrogen (secondary N) is 1. The highest BCUT2D eigenvalue weighted by Crippen LogP contribution is 2.07. The first kappa shape index (κ1) is 14.2. The zero-order valence-electron chi connectivity index (χ0n) is 9.48. The van der Waals surface area contributed by atoms with E-state index in [2.05, 4.69) is 9.88 Å². The van der Waals surface area contributed by atoms with Crippen molar-refractivity contribution >= 4 is 15.9 Å². The molecule has 0 amide bonds. The van der Waals surface area contributed by atoms with Gasteiger partial charge in [0.05, 0.1) is 11.3 Å². The fourth-order valence-corrected chi connectivity index (χ4v) is 2.89. The number of rotatable bonds is 5. The van der Waals surface area contributed by atoms with Crippen LogP contribution in [0.5, 0.6) is 0 Å². The first-order valence-electron chi connectivity index (χ1n) is 4.60. The van der Waals surface area contributed by atoms with Crippen LogP contribution < -0.4 is 10.5 Å². The van der Waals surface area contributed by atoms with E-state index in [4.69, 9.17) is 10.9 Å². The minimum Gasteiger partial charge on any atom is -0.409 e. The van der Waals surface area contributed by atoms with E-state index in [1.165, 1.54) is 13.8 Å². The second kappa shape index (κ2) is 4.80. The molecule has 0 atom stereocenters. The molecule has 4 N–H and O–H groups in total. The molecule has 0 radical (unpaired) electrons. The molecule has 0 unspecified atom stereocenters. The van der Waals surface area contributed by atoms with Crippen molar-refractivity contribution in [3.05, 3.63) is 0 Å². The summed E-state index contributed by atoms with van der Waals surface area (Å²) >= 11 is 0. The largest absolute Gasteiger partial charge is 0.409 e. The Morgan fingerprint density at radius 2 is 2.00 bits per heavy atom. The second-order valence-electron chi connectivity index (χ2n) is 4.39. The average Bonchev–Trinajstić information content (AvgIpc) is 1.97. The maximum atomic E-state index is 11.6. The molecule has 0 heterocycles. The molecule has 0 aromatic heterocycles. The first-order valence-corrected chi connectivity index (χ1v) is 6.25. The van der Waals surface area contributed by atoms with Crippen LogP contribution in [0.15, 0.2) is 5.16 Å². The van der Waals surface area contributed by atoms with Crippen LogP contribution in [0.3, 0.4) is 0 Å². The Hall–Kier alpha value is -0.820. The number of hydrogen-bond acceptors (Lipinski definition) is 4. The number of amidine groups is 1. The molecule has 7 heteroatoms. The third-order valence-electron chi connectivity index (χ3n) is 1.71. The smallest absolute Gasteiger partial charge is 0.212 e. The Labute approximate surface area is 90.6 Å². The van der Waals surface area contributed by atoms with E-state index in [1.807, 2.05) is 0 Å². The highest BCUT2D eigenvalue weighted by molar-refractivity contribution is 7.89. The van der Waals surface area contributed by atoms with E-state index in [9.17, 15) is 8.42 Å². The van der Waals surface area contributed by atoms with Gasteiger partial charge in [-0.2, -0.15) is 0 Å². The molecular formula is C8H19N3O3S. The highest BCUT2D eigenvalue weighted by Gasteiger charge is 2.29. The Kier molecular flexibility index (Phi) is 4.54. The van der Waals surface area contributed by atoms with Crippen molar-refractivity contribution in [3.63, 3.8) is 0 Å². The zero-order chi connectivity index (χ0) is 12.3. The maximum Gasteiger partial charge on any atom is 0.212 e. The summed E-state index contributed by atoms with van der Waals surface area (Å²) in [7, 11) is -3.42. The lowest BCUT2D eigenvalue weighted by Crippen LogP contribution is -2.53. The van der Waals surface area contributed by atoms with Crippen LogP contribution in [0.4, 0.5) is 0 Å². The van der Waals surface area contributed by atoms with Gasteiger partial charge >= 0.3 is 0 Å². The van der Waals surface area contributed by atoms with E-state index in [0.717, 1.165) is 0 Å². The third kappa shape index (κ3) is 4.98. The molecule has 0 saturated carbocycles. The SMILES string of the molecule is CC(C)CS(=O)(=O)NC(C)(C)C(N)=NO. The summed E-state index contributed by atoms with van der Waals surface area (Å²) in [6, 6.07) is 0. The van der Waals surface area contributed by atoms with Gasteiger partial charge in [-0.1, -0.05) is 19.0 Å². The lowest BCUT2D eigenvalue weighted by atomic mass is 10.1. The van der Waals surface area contributed by atoms with Crippen LogP contribution in [-0.4, -0.2) is 30.8 Å². The van der Waals surface area contributed by atoms with Gasteiger partial charge in [0.2, 0.25) is 10.0 Å². The van der Waals surface area contributed by atoms with Crippen molar-refractivity contribution in [1.82, 2.24) is 4.72 Å². The number of nitrogens with two attached hydrogens (primary N) is 1. The average molecular weight is 237 g/mol. The van der Waals surface area contributed by atoms with Crippen LogP contribution in [-0.2, 0) is 10.0 Å². The molecule has 6 nitrogen and oxygen atoms in total. The third-order valence-corrected chi connectivity index (χ3v) is 3.64. The Balaban J connectivity index is 4.73. The van der Waals surface area contributed by atoms with Gasteiger partial charge in [-0.05, 0) is 19.8 Å². The molecule has 0 saturated heterocycles. The molecule has 0 aliphatic carbocycles. The molecule has 0 rings (SSSR count). The standard InChI is InChI=1S/C8H19N3O3S/c1-6(2)5-15(13,14)11-8(3,4)7(9)10-12/h6,11-12H,5H2,1-4H3,(H2,9,10). The molecule has 90 valence electrons. The Morgan fingerprint density at radius 3 is 2.33 bits per heavy atom. The highest BCUT2D eigenvalue weighted by atomic mass is 32.2. The van der Waals surface area contributed by atoms with Gasteiger partial charge in [0.25, 0.3) is 0 Å². The Bertz CT molecular complexity index is 333. The zero-order valence-corrected chi connectivity index (χ0v) is 10.3. The predicted molar refractivity (Wildman–Crippen MR) is 59.2 cm³/mol. The van der Waals surface area contributed by atoms with Crippen LogP contribution in [0.1, 0.15) is 27.7 Å². The van der Waals surface area contributed by atoms with E-state index in [-0.39, 0.29) is 17.5 Å². The molecule has 15 heavy (non-hydrogen) atoms. The summed E-state index contributed by atoms with van der Waals surface area (Å²) in [5.41, 5.74) is 4.28. The number of sulfonamides is 1. The van der Waals surface area contributed by atoms with E-state index < -0.39 is 15.6 Å². The van der Waals surface area contributed by atoms with E-state index in [0.29, 0.717) is 0 Å². The lowest BCUT2D eigenvalue weighted by Gasteiger charge is -2.24. The van der Waals surface area contributed by atoms with Crippen LogP contribution in [0.25, 0.3) is 0 Å². The van der Waals surface area contributed by atoms with Gasteiger partial charge in [0.1, 0.15) is 0 Å². The second-order valence-corrected chi connectivity index (χ2v) is 6.15. The van der Waals surface area contributed by atoms with E-state index in [1.54, 1.807) is 13.8 Å². The first-order chi connectivity index (χ1) is 6.60. The lowest BCUT2D eigenvalue weighted by molar-refractivity contribution is 0.312. The number of nitrogens with zero attached hydrogens (tertiary/aromatic N) is 1. The van der Waals surface area contributed by atoms with Gasteiger partial charge < -0.3 is 10.9 Å². The van der Waals surface area contributed by atoms with Gasteiger partial charge in [-0.15, -0.1) is 0 Å². The molecule has 0 aromatic rings. The number of hydrogen-bond donors (Lipinski definition) is 3. The topological polar surface area (TPSA) is 105 Å². The van der Waals surface area contributed by atoms with E-state index >= 15 is 0 Å². The minimum absolute atomic E-state index is 0.00907. The normalized spacial score (nSPS) is 14.6. The molecule has 0 aromatic carbocycles. The monoisotopic (exact) mass is 237 g/mol. The molecular weight excluding hydrogens is 218 g/mol. The van der Waals surface area contributed by atoms with Crippen molar-refractivity contribution < 1.29 is 13.6 Å². The van der Waals surface area contributed by atoms with Crippen molar-refractivity contribution in [2.45, 2.75) is 33.2 Å². The summed E-state index contributed by atoms with van der Waals surface area (Å²) in [6.07, 6.45) is 0. The van der Waals surface area contributed by atoms with Crippen LogP contribution in [0, 0.1) is 5.92 Å². The van der Waals surface area contributed by atoms with Crippen molar-refractivity contribution in [3.8, 4) is 0 Å². The molecule has 0 aliphatic heterocycles. The van der Waals surface area contributed by atoms with Gasteiger partial charge in [-0.25, -0.2) is 13.1 Å². The van der Waals surface area contributed by atoms with Crippen LogP contribution in [0.2, 0.25) is 0 Å². The van der Waals surface area contributed by atoms with Gasteiger partial charge in [0.15, 0.2) is 5.84 Å². The molecule has 0 aliphatic rings. The summed E-state index contributed by atoms with van der Waals surface area (Å²) in [6.45, 7) is 6.66. The summed E-state index contributed by atoms with van der Waals surface area (Å²) in [5.74, 6) is -0.143. The minimum atomic E-state index is -3.42. The van der Waals surface area contributed by atoms with Crippen molar-refractivity contribution in [2.75, 3.05) is 5.75 Å². The summed E-state index contributed by atoms with van der Waals surface area (Å²) < 4.78 is 25.5. The fourth-order valence-electron chi connectivity index (χ4n) is 1.05. The quantitative estimate of drug-likeness (QED) is 0.273. The summed E-state index contributed by atoms with van der Waals surface area (Å²) in [5, 5.41) is 11.3. The van der Waals surface area contributed by atoms with Gasteiger partial charge in [0, 0.05) is 0 Å². The predicted octanol–water partition coefficient (Wildman–Crippen LogP) is 0.0868. The number of oxime groups is 1. The maximum absolute atomic E-state index is 11.6. The molecule has 0 spiro atoms. The Morgan fingerprint density at radius 1 is 1.53 bits per heavy atom. The molecule has 0 bridgehead atoms. The van der Waals surface area contributed by atoms with Crippen molar-refractivity contribution in [1.29, 1.82) is 0 Å². The van der Waals surface area contributed by atoms with Crippen LogP contribution >= 0.6 is 0 Å². The molecule has 0 fully saturated rings. The fraction of sp³-hybridized carbons (Fsp3) is 0.875. The van der Waals surface area contributed by atoms with Gasteiger partial charge in [-0.3, -0.25) is 0 Å².